The minimum atomic E-state index is -5.77. The summed E-state index contributed by atoms with van der Waals surface area (Å²) >= 11 is 0. The Balaban J connectivity index is 0.000000525. The first kappa shape index (κ1) is 30.9. The first-order chi connectivity index (χ1) is 14.7. The van der Waals surface area contributed by atoms with Crippen molar-refractivity contribution in [1.29, 1.82) is 0 Å². The Hall–Kier alpha value is -2.08. The molecule has 0 saturated heterocycles. The van der Waals surface area contributed by atoms with Gasteiger partial charge in [0.15, 0.2) is 0 Å². The van der Waals surface area contributed by atoms with Crippen LogP contribution in [-0.2, 0) is 31.2 Å². The Morgan fingerprint density at radius 3 is 1.06 bits per heavy atom. The number of phosphoric acid groups is 4. The lowest BCUT2D eigenvalue weighted by Crippen LogP contribution is -2.19. The van der Waals surface area contributed by atoms with Gasteiger partial charge in [0.05, 0.1) is 0 Å². The van der Waals surface area contributed by atoms with Crippen LogP contribution in [0.3, 0.4) is 0 Å². The monoisotopic (exact) mass is 562 g/mol. The summed E-state index contributed by atoms with van der Waals surface area (Å²) in [6, 6.07) is 2.48. The van der Waals surface area contributed by atoms with E-state index in [9.17, 15) is 37.4 Å². The summed E-state index contributed by atoms with van der Waals surface area (Å²) in [5, 5.41) is 0. The van der Waals surface area contributed by atoms with Gasteiger partial charge in [0, 0.05) is 24.5 Å². The number of hydrogen-bond acceptors (Lipinski definition) is 11. The molecule has 0 aliphatic carbocycles. The smallest absolute Gasteiger partial charge is 0.314 e. The zero-order valence-electron chi connectivity index (χ0n) is 15.3. The van der Waals surface area contributed by atoms with Crippen molar-refractivity contribution in [3.63, 3.8) is 0 Å². The summed E-state index contributed by atoms with van der Waals surface area (Å²) in [4.78, 5) is 98.8. The van der Waals surface area contributed by atoms with Gasteiger partial charge in [-0.05, 0) is 0 Å². The molecule has 0 aromatic carbocycles. The van der Waals surface area contributed by atoms with E-state index in [0.29, 0.717) is 0 Å². The SMILES string of the molecule is O=P(O)(O)OP(=O)(O)OP(=O)(O)OP(=O)(O)O.O=c1cc[nH]c(=O)[nH]1.O=c1cc[nH]c(=O)[nH]1. The van der Waals surface area contributed by atoms with Gasteiger partial charge in [-0.1, -0.05) is 0 Å². The number of rotatable bonds is 6. The summed E-state index contributed by atoms with van der Waals surface area (Å²) in [6.07, 6.45) is 2.59. The Kier molecular flexibility index (Phi) is 11.6. The van der Waals surface area contributed by atoms with Crippen molar-refractivity contribution in [1.82, 2.24) is 19.9 Å². The van der Waals surface area contributed by atoms with E-state index >= 15 is 0 Å². The van der Waals surface area contributed by atoms with Crippen LogP contribution in [0.4, 0.5) is 0 Å². The van der Waals surface area contributed by atoms with Gasteiger partial charge in [0.2, 0.25) is 0 Å². The second-order valence-corrected chi connectivity index (χ2v) is 10.6. The second kappa shape index (κ2) is 12.4. The molecule has 2 heterocycles. The summed E-state index contributed by atoms with van der Waals surface area (Å²) in [7, 11) is -22.6. The van der Waals surface area contributed by atoms with Crippen molar-refractivity contribution in [3.05, 3.63) is 66.2 Å². The summed E-state index contributed by atoms with van der Waals surface area (Å²) in [5.41, 5.74) is -1.71. The molecule has 0 aliphatic heterocycles. The zero-order chi connectivity index (χ0) is 26.1. The molecule has 0 spiro atoms. The fourth-order valence-electron chi connectivity index (χ4n) is 1.19. The van der Waals surface area contributed by atoms with Gasteiger partial charge in [-0.3, -0.25) is 19.6 Å². The molecule has 0 bridgehead atoms. The third kappa shape index (κ3) is 18.1. The van der Waals surface area contributed by atoms with E-state index in [0.717, 1.165) is 0 Å². The maximum Gasteiger partial charge on any atom is 0.490 e. The fourth-order valence-corrected chi connectivity index (χ4v) is 5.16. The molecular weight excluding hydrogens is 548 g/mol. The standard InChI is InChI=1S/2C4H4N2O2.H6O13P4/c2*7-3-1-2-5-4(8)6-3;1-14(2,3)11-16(7,8)13-17(9,10)12-15(4,5)6/h2*1-2H,(H2,5,6,7,8);(H,7,8)(H,9,10)(H2,1,2,3)(H2,4,5,6). The van der Waals surface area contributed by atoms with Crippen LogP contribution in [-0.4, -0.2) is 49.3 Å². The molecule has 21 nitrogen and oxygen atoms in total. The van der Waals surface area contributed by atoms with Crippen molar-refractivity contribution < 1.29 is 60.6 Å². The second-order valence-electron chi connectivity index (χ2n) is 4.76. The van der Waals surface area contributed by atoms with Crippen LogP contribution in [0, 0.1) is 0 Å². The van der Waals surface area contributed by atoms with Crippen molar-refractivity contribution >= 4 is 31.3 Å². The maximum absolute atomic E-state index is 10.7. The lowest BCUT2D eigenvalue weighted by molar-refractivity contribution is 0.194. The first-order valence-electron chi connectivity index (χ1n) is 7.16. The van der Waals surface area contributed by atoms with E-state index in [1.807, 2.05) is 9.97 Å². The van der Waals surface area contributed by atoms with Gasteiger partial charge < -0.3 is 39.3 Å². The molecule has 0 amide bonds. The van der Waals surface area contributed by atoms with E-state index in [2.05, 4.69) is 22.9 Å². The Morgan fingerprint density at radius 1 is 0.576 bits per heavy atom. The third-order valence-corrected chi connectivity index (χ3v) is 7.00. The van der Waals surface area contributed by atoms with Crippen LogP contribution in [0.1, 0.15) is 0 Å². The molecule has 188 valence electrons. The van der Waals surface area contributed by atoms with Gasteiger partial charge in [0.1, 0.15) is 0 Å². The molecule has 33 heavy (non-hydrogen) atoms. The largest absolute Gasteiger partial charge is 0.490 e. The molecule has 0 radical (unpaired) electrons. The molecule has 2 unspecified atom stereocenters. The normalized spacial score (nSPS) is 15.0. The highest BCUT2D eigenvalue weighted by atomic mass is 31.3. The average molecular weight is 562 g/mol. The van der Waals surface area contributed by atoms with E-state index in [1.165, 1.54) is 24.5 Å². The highest BCUT2D eigenvalue weighted by Crippen LogP contribution is 2.69. The van der Waals surface area contributed by atoms with E-state index in [-0.39, 0.29) is 11.1 Å². The van der Waals surface area contributed by atoms with Crippen LogP contribution in [0.2, 0.25) is 0 Å². The van der Waals surface area contributed by atoms with Crippen LogP contribution in [0.25, 0.3) is 0 Å². The van der Waals surface area contributed by atoms with Crippen molar-refractivity contribution in [2.45, 2.75) is 0 Å². The molecular formula is C8H14N4O17P4. The van der Waals surface area contributed by atoms with Gasteiger partial charge in [-0.25, -0.2) is 27.8 Å². The van der Waals surface area contributed by atoms with Gasteiger partial charge in [-0.2, -0.15) is 12.9 Å². The minimum Gasteiger partial charge on any atom is -0.314 e. The Labute approximate surface area is 178 Å². The highest BCUT2D eigenvalue weighted by Gasteiger charge is 2.43. The topological polar surface area (TPSA) is 349 Å². The molecule has 2 rings (SSSR count). The molecule has 2 atom stereocenters. The Morgan fingerprint density at radius 2 is 0.879 bits per heavy atom. The van der Waals surface area contributed by atoms with Crippen LogP contribution in [0.5, 0.6) is 0 Å². The van der Waals surface area contributed by atoms with Crippen LogP contribution < -0.4 is 22.5 Å². The fraction of sp³-hybridized carbons (Fsp3) is 0. The molecule has 2 aromatic heterocycles. The van der Waals surface area contributed by atoms with E-state index in [4.69, 9.17) is 29.4 Å². The van der Waals surface area contributed by atoms with Gasteiger partial charge >= 0.3 is 42.7 Å². The number of nitrogens with one attached hydrogen (secondary N) is 4. The highest BCUT2D eigenvalue weighted by molar-refractivity contribution is 7.69. The molecule has 0 saturated carbocycles. The maximum atomic E-state index is 10.7. The number of H-pyrrole nitrogens is 4. The molecule has 0 aliphatic rings. The summed E-state index contributed by atoms with van der Waals surface area (Å²) in [6.45, 7) is 0. The number of aromatic amines is 4. The predicted molar refractivity (Wildman–Crippen MR) is 102 cm³/mol. The van der Waals surface area contributed by atoms with Crippen LogP contribution >= 0.6 is 31.3 Å². The summed E-state index contributed by atoms with van der Waals surface area (Å²) in [5.74, 6) is 0. The molecule has 10 N–H and O–H groups in total. The number of hydrogen-bond donors (Lipinski definition) is 10. The summed E-state index contributed by atoms with van der Waals surface area (Å²) < 4.78 is 50.9. The number of aromatic nitrogens is 4. The quantitative estimate of drug-likeness (QED) is 0.163. The lowest BCUT2D eigenvalue weighted by Gasteiger charge is -2.15. The van der Waals surface area contributed by atoms with Crippen molar-refractivity contribution in [3.8, 4) is 0 Å². The molecule has 0 fully saturated rings. The third-order valence-electron chi connectivity index (χ3n) is 2.00. The van der Waals surface area contributed by atoms with Crippen molar-refractivity contribution in [2.75, 3.05) is 0 Å². The van der Waals surface area contributed by atoms with Crippen molar-refractivity contribution in [2.24, 2.45) is 0 Å². The zero-order valence-corrected chi connectivity index (χ0v) is 18.8. The molecule has 2 aromatic rings. The van der Waals surface area contributed by atoms with Gasteiger partial charge in [0.25, 0.3) is 11.1 Å². The minimum absolute atomic E-state index is 0.381. The predicted octanol–water partition coefficient (Wildman–Crippen LogP) is -2.45. The van der Waals surface area contributed by atoms with Crippen LogP contribution in [0.15, 0.2) is 43.7 Å². The average Bonchev–Trinajstić information content (AvgIpc) is 2.49. The Bertz CT molecular complexity index is 1180. The van der Waals surface area contributed by atoms with E-state index < -0.39 is 42.7 Å². The van der Waals surface area contributed by atoms with Gasteiger partial charge in [-0.15, -0.1) is 0 Å². The molecule has 25 heteroatoms. The lowest BCUT2D eigenvalue weighted by atomic mass is 10.7. The van der Waals surface area contributed by atoms with E-state index in [1.54, 1.807) is 0 Å². The first-order valence-corrected chi connectivity index (χ1v) is 13.2.